The lowest BCUT2D eigenvalue weighted by atomic mass is 9.77. The van der Waals surface area contributed by atoms with Crippen LogP contribution in [0.4, 0.5) is 0 Å². The molecule has 0 radical (unpaired) electrons. The van der Waals surface area contributed by atoms with Crippen LogP contribution in [0.25, 0.3) is 0 Å². The standard InChI is InChI=1S/C16H28N2OS/c1-5-14-13(3)20-15(18-14)16(17-10-11-19-4)8-6-12(2)7-9-16/h12,17H,5-11H2,1-4H3. The van der Waals surface area contributed by atoms with E-state index in [0.717, 1.165) is 25.5 Å². The average molecular weight is 296 g/mol. The van der Waals surface area contributed by atoms with Crippen molar-refractivity contribution in [1.29, 1.82) is 0 Å². The summed E-state index contributed by atoms with van der Waals surface area (Å²) in [4.78, 5) is 6.33. The highest BCUT2D eigenvalue weighted by atomic mass is 32.1. The first-order chi connectivity index (χ1) is 9.61. The molecule has 1 saturated carbocycles. The molecular weight excluding hydrogens is 268 g/mol. The lowest BCUT2D eigenvalue weighted by molar-refractivity contribution is 0.154. The number of nitrogens with zero attached hydrogens (tertiary/aromatic N) is 1. The molecule has 0 aromatic carbocycles. The molecule has 3 nitrogen and oxygen atoms in total. The molecule has 0 aliphatic heterocycles. The number of thiazole rings is 1. The van der Waals surface area contributed by atoms with Crippen molar-refractivity contribution >= 4 is 11.3 Å². The van der Waals surface area contributed by atoms with Gasteiger partial charge >= 0.3 is 0 Å². The fraction of sp³-hybridized carbons (Fsp3) is 0.812. The summed E-state index contributed by atoms with van der Waals surface area (Å²) in [6.45, 7) is 8.44. The van der Waals surface area contributed by atoms with E-state index in [1.165, 1.54) is 41.3 Å². The molecule has 1 aromatic rings. The molecule has 0 unspecified atom stereocenters. The summed E-state index contributed by atoms with van der Waals surface area (Å²) in [5, 5.41) is 5.06. The molecule has 114 valence electrons. The van der Waals surface area contributed by atoms with Gasteiger partial charge in [-0.25, -0.2) is 4.98 Å². The van der Waals surface area contributed by atoms with Gasteiger partial charge in [-0.2, -0.15) is 0 Å². The van der Waals surface area contributed by atoms with E-state index in [1.807, 2.05) is 11.3 Å². The number of ether oxygens (including phenoxy) is 1. The molecule has 1 fully saturated rings. The van der Waals surface area contributed by atoms with Gasteiger partial charge < -0.3 is 10.1 Å². The monoisotopic (exact) mass is 296 g/mol. The first kappa shape index (κ1) is 15.9. The SMILES string of the molecule is CCc1nc(C2(NCCOC)CCC(C)CC2)sc1C. The Labute approximate surface area is 127 Å². The first-order valence-electron chi connectivity index (χ1n) is 7.82. The molecule has 0 spiro atoms. The predicted molar refractivity (Wildman–Crippen MR) is 85.4 cm³/mol. The molecule has 1 aliphatic rings. The second kappa shape index (κ2) is 7.01. The van der Waals surface area contributed by atoms with Crippen LogP contribution in [0.15, 0.2) is 0 Å². The maximum atomic E-state index is 5.21. The van der Waals surface area contributed by atoms with Crippen LogP contribution in [0.5, 0.6) is 0 Å². The summed E-state index contributed by atoms with van der Waals surface area (Å²) in [7, 11) is 1.76. The summed E-state index contributed by atoms with van der Waals surface area (Å²) in [5.74, 6) is 0.846. The van der Waals surface area contributed by atoms with E-state index in [-0.39, 0.29) is 5.54 Å². The minimum absolute atomic E-state index is 0.0912. The maximum Gasteiger partial charge on any atom is 0.113 e. The zero-order valence-corrected chi connectivity index (χ0v) is 14.1. The topological polar surface area (TPSA) is 34.2 Å². The third-order valence-electron chi connectivity index (χ3n) is 4.53. The van der Waals surface area contributed by atoms with Gasteiger partial charge in [0.05, 0.1) is 17.8 Å². The lowest BCUT2D eigenvalue weighted by Gasteiger charge is -2.39. The van der Waals surface area contributed by atoms with Gasteiger partial charge in [-0.3, -0.25) is 0 Å². The van der Waals surface area contributed by atoms with E-state index in [9.17, 15) is 0 Å². The highest BCUT2D eigenvalue weighted by molar-refractivity contribution is 7.11. The Morgan fingerprint density at radius 3 is 2.65 bits per heavy atom. The van der Waals surface area contributed by atoms with Gasteiger partial charge in [0.25, 0.3) is 0 Å². The molecule has 1 heterocycles. The van der Waals surface area contributed by atoms with Crippen molar-refractivity contribution in [2.24, 2.45) is 5.92 Å². The van der Waals surface area contributed by atoms with Crippen molar-refractivity contribution in [2.75, 3.05) is 20.3 Å². The highest BCUT2D eigenvalue weighted by Crippen LogP contribution is 2.41. The highest BCUT2D eigenvalue weighted by Gasteiger charge is 2.38. The molecular formula is C16H28N2OS. The van der Waals surface area contributed by atoms with Gasteiger partial charge in [-0.05, 0) is 44.9 Å². The summed E-state index contributed by atoms with van der Waals surface area (Å²) < 4.78 is 5.21. The number of hydrogen-bond donors (Lipinski definition) is 1. The van der Waals surface area contributed by atoms with Crippen molar-refractivity contribution in [3.63, 3.8) is 0 Å². The zero-order chi connectivity index (χ0) is 14.6. The fourth-order valence-corrected chi connectivity index (χ4v) is 4.30. The van der Waals surface area contributed by atoms with Crippen LogP contribution in [0.3, 0.4) is 0 Å². The third kappa shape index (κ3) is 3.41. The van der Waals surface area contributed by atoms with Crippen LogP contribution >= 0.6 is 11.3 Å². The smallest absolute Gasteiger partial charge is 0.113 e. The molecule has 4 heteroatoms. The summed E-state index contributed by atoms with van der Waals surface area (Å²) in [6.07, 6.45) is 6.02. The summed E-state index contributed by atoms with van der Waals surface area (Å²) in [5.41, 5.74) is 1.37. The quantitative estimate of drug-likeness (QED) is 0.814. The molecule has 1 aromatic heterocycles. The van der Waals surface area contributed by atoms with Gasteiger partial charge in [0.2, 0.25) is 0 Å². The molecule has 20 heavy (non-hydrogen) atoms. The Bertz CT molecular complexity index is 422. The van der Waals surface area contributed by atoms with E-state index in [2.05, 4.69) is 26.1 Å². The molecule has 1 aliphatic carbocycles. The van der Waals surface area contributed by atoms with Crippen molar-refractivity contribution in [1.82, 2.24) is 10.3 Å². The van der Waals surface area contributed by atoms with E-state index in [4.69, 9.17) is 9.72 Å². The number of aromatic nitrogens is 1. The van der Waals surface area contributed by atoms with Gasteiger partial charge in [-0.15, -0.1) is 11.3 Å². The molecule has 0 bridgehead atoms. The van der Waals surface area contributed by atoms with Crippen molar-refractivity contribution < 1.29 is 4.74 Å². The second-order valence-corrected chi connectivity index (χ2v) is 7.26. The van der Waals surface area contributed by atoms with E-state index < -0.39 is 0 Å². The van der Waals surface area contributed by atoms with E-state index in [0.29, 0.717) is 0 Å². The van der Waals surface area contributed by atoms with Gasteiger partial charge in [0, 0.05) is 18.5 Å². The first-order valence-corrected chi connectivity index (χ1v) is 8.63. The Hall–Kier alpha value is -0.450. The number of methoxy groups -OCH3 is 1. The number of nitrogens with one attached hydrogen (secondary N) is 1. The fourth-order valence-electron chi connectivity index (χ4n) is 3.07. The predicted octanol–water partition coefficient (Wildman–Crippen LogP) is 3.66. The second-order valence-electron chi connectivity index (χ2n) is 6.06. The Morgan fingerprint density at radius 2 is 2.10 bits per heavy atom. The van der Waals surface area contributed by atoms with Crippen LogP contribution < -0.4 is 5.32 Å². The van der Waals surface area contributed by atoms with Crippen molar-refractivity contribution in [2.45, 2.75) is 58.4 Å². The molecule has 1 N–H and O–H groups in total. The number of aryl methyl sites for hydroxylation is 2. The van der Waals surface area contributed by atoms with Gasteiger partial charge in [0.15, 0.2) is 0 Å². The number of hydrogen-bond acceptors (Lipinski definition) is 4. The molecule has 0 amide bonds. The largest absolute Gasteiger partial charge is 0.383 e. The van der Waals surface area contributed by atoms with Crippen molar-refractivity contribution in [3.8, 4) is 0 Å². The maximum absolute atomic E-state index is 5.21. The normalized spacial score (nSPS) is 26.9. The van der Waals surface area contributed by atoms with E-state index >= 15 is 0 Å². The Kier molecular flexibility index (Phi) is 5.58. The van der Waals surface area contributed by atoms with Gasteiger partial charge in [0.1, 0.15) is 5.01 Å². The van der Waals surface area contributed by atoms with Crippen LogP contribution in [-0.4, -0.2) is 25.2 Å². The minimum Gasteiger partial charge on any atom is -0.383 e. The summed E-state index contributed by atoms with van der Waals surface area (Å²) in [6, 6.07) is 0. The molecule has 0 saturated heterocycles. The minimum atomic E-state index is 0.0912. The van der Waals surface area contributed by atoms with Crippen LogP contribution in [-0.2, 0) is 16.7 Å². The molecule has 0 atom stereocenters. The zero-order valence-electron chi connectivity index (χ0n) is 13.3. The van der Waals surface area contributed by atoms with Crippen LogP contribution in [0, 0.1) is 12.8 Å². The van der Waals surface area contributed by atoms with Gasteiger partial charge in [-0.1, -0.05) is 13.8 Å². The Morgan fingerprint density at radius 1 is 1.40 bits per heavy atom. The third-order valence-corrected chi connectivity index (χ3v) is 5.75. The van der Waals surface area contributed by atoms with Crippen LogP contribution in [0.1, 0.15) is 55.1 Å². The van der Waals surface area contributed by atoms with Crippen molar-refractivity contribution in [3.05, 3.63) is 15.6 Å². The average Bonchev–Trinajstić information content (AvgIpc) is 2.83. The Balaban J connectivity index is 2.20. The lowest BCUT2D eigenvalue weighted by Crippen LogP contribution is -2.46. The summed E-state index contributed by atoms with van der Waals surface area (Å²) >= 11 is 1.89. The number of rotatable bonds is 6. The van der Waals surface area contributed by atoms with Crippen LogP contribution in [0.2, 0.25) is 0 Å². The molecule has 2 rings (SSSR count). The van der Waals surface area contributed by atoms with E-state index in [1.54, 1.807) is 7.11 Å².